The van der Waals surface area contributed by atoms with Gasteiger partial charge in [0.05, 0.1) is 0 Å². The Morgan fingerprint density at radius 1 is 1.24 bits per heavy atom. The van der Waals surface area contributed by atoms with Crippen LogP contribution in [0.3, 0.4) is 0 Å². The second-order valence-corrected chi connectivity index (χ2v) is 6.81. The highest BCUT2D eigenvalue weighted by molar-refractivity contribution is 7.80. The summed E-state index contributed by atoms with van der Waals surface area (Å²) >= 11 is 5.59. The average Bonchev–Trinajstić information content (AvgIpc) is 2.91. The van der Waals surface area contributed by atoms with E-state index in [0.717, 1.165) is 36.0 Å². The van der Waals surface area contributed by atoms with Gasteiger partial charge in [-0.15, -0.1) is 0 Å². The van der Waals surface area contributed by atoms with Crippen LogP contribution in [0.4, 0.5) is 0 Å². The van der Waals surface area contributed by atoms with E-state index < -0.39 is 0 Å². The molecule has 2 aliphatic carbocycles. The number of thiocarbonyl (C=S) groups is 1. The minimum absolute atomic E-state index is 0.693. The molecule has 3 rings (SSSR count). The molecule has 96 valence electrons. The molecule has 1 N–H and O–H groups in total. The van der Waals surface area contributed by atoms with E-state index in [4.69, 9.17) is 12.2 Å². The van der Waals surface area contributed by atoms with Gasteiger partial charge in [-0.25, -0.2) is 0 Å². The van der Waals surface area contributed by atoms with Crippen molar-refractivity contribution in [3.05, 3.63) is 0 Å². The lowest BCUT2D eigenvalue weighted by atomic mass is 9.95. The molecule has 2 bridgehead atoms. The summed E-state index contributed by atoms with van der Waals surface area (Å²) in [6.07, 6.45) is 8.40. The molecule has 2 nitrogen and oxygen atoms in total. The molecular weight excluding hydrogens is 228 g/mol. The van der Waals surface area contributed by atoms with Crippen molar-refractivity contribution in [3.8, 4) is 0 Å². The number of nitrogens with one attached hydrogen (secondary N) is 1. The summed E-state index contributed by atoms with van der Waals surface area (Å²) < 4.78 is 0. The minimum Gasteiger partial charge on any atom is -0.360 e. The Morgan fingerprint density at radius 2 is 2.12 bits per heavy atom. The van der Waals surface area contributed by atoms with Crippen molar-refractivity contribution in [1.82, 2.24) is 10.2 Å². The predicted octanol–water partition coefficient (Wildman–Crippen LogP) is 2.78. The molecule has 0 radical (unpaired) electrons. The zero-order chi connectivity index (χ0) is 11.8. The standard InChI is InChI=1S/C14H24N2S/c1-10-3-2-6-16(9-10)14(17)15-13-8-11-4-5-12(13)7-11/h10-13H,2-9H2,1H3,(H,15,17)/t10-,11-,12-,13-/m1/s1. The summed E-state index contributed by atoms with van der Waals surface area (Å²) in [5.74, 6) is 2.73. The smallest absolute Gasteiger partial charge is 0.169 e. The summed E-state index contributed by atoms with van der Waals surface area (Å²) in [7, 11) is 0. The van der Waals surface area contributed by atoms with Crippen LogP contribution >= 0.6 is 12.2 Å². The van der Waals surface area contributed by atoms with Gasteiger partial charge in [-0.2, -0.15) is 0 Å². The lowest BCUT2D eigenvalue weighted by Gasteiger charge is -2.35. The molecule has 0 aromatic rings. The van der Waals surface area contributed by atoms with Gasteiger partial charge in [-0.1, -0.05) is 13.3 Å². The largest absolute Gasteiger partial charge is 0.360 e. The zero-order valence-corrected chi connectivity index (χ0v) is 11.6. The Labute approximate surface area is 110 Å². The Bertz CT molecular complexity index is 305. The van der Waals surface area contributed by atoms with Crippen molar-refractivity contribution in [3.63, 3.8) is 0 Å². The number of fused-ring (bicyclic) bond motifs is 2. The van der Waals surface area contributed by atoms with Gasteiger partial charge in [0.25, 0.3) is 0 Å². The van der Waals surface area contributed by atoms with E-state index in [1.807, 2.05) is 0 Å². The topological polar surface area (TPSA) is 15.3 Å². The number of rotatable bonds is 1. The number of nitrogens with zero attached hydrogens (tertiary/aromatic N) is 1. The number of hydrogen-bond acceptors (Lipinski definition) is 1. The fourth-order valence-electron chi connectivity index (χ4n) is 4.05. The lowest BCUT2D eigenvalue weighted by Crippen LogP contribution is -2.49. The molecular formula is C14H24N2S. The third-order valence-corrected chi connectivity index (χ3v) is 5.37. The minimum atomic E-state index is 0.693. The van der Waals surface area contributed by atoms with Crippen LogP contribution in [0, 0.1) is 17.8 Å². The van der Waals surface area contributed by atoms with E-state index >= 15 is 0 Å². The first-order valence-corrected chi connectivity index (χ1v) is 7.68. The molecule has 0 spiro atoms. The summed E-state index contributed by atoms with van der Waals surface area (Å²) in [4.78, 5) is 2.40. The van der Waals surface area contributed by atoms with Gasteiger partial charge in [-0.3, -0.25) is 0 Å². The fraction of sp³-hybridized carbons (Fsp3) is 0.929. The zero-order valence-electron chi connectivity index (χ0n) is 10.8. The molecule has 1 heterocycles. The van der Waals surface area contributed by atoms with Crippen molar-refractivity contribution in [2.75, 3.05) is 13.1 Å². The van der Waals surface area contributed by atoms with Crippen molar-refractivity contribution >= 4 is 17.3 Å². The highest BCUT2D eigenvalue weighted by atomic mass is 32.1. The Kier molecular flexibility index (Phi) is 3.29. The van der Waals surface area contributed by atoms with E-state index in [9.17, 15) is 0 Å². The van der Waals surface area contributed by atoms with Crippen LogP contribution < -0.4 is 5.32 Å². The van der Waals surface area contributed by atoms with Crippen LogP contribution in [0.1, 0.15) is 45.4 Å². The van der Waals surface area contributed by atoms with Crippen molar-refractivity contribution in [2.24, 2.45) is 17.8 Å². The van der Waals surface area contributed by atoms with E-state index in [2.05, 4.69) is 17.1 Å². The molecule has 3 aliphatic rings. The molecule has 0 aromatic heterocycles. The van der Waals surface area contributed by atoms with Gasteiger partial charge < -0.3 is 10.2 Å². The monoisotopic (exact) mass is 252 g/mol. The quantitative estimate of drug-likeness (QED) is 0.723. The Hall–Kier alpha value is -0.310. The molecule has 4 atom stereocenters. The number of likely N-dealkylation sites (tertiary alicyclic amines) is 1. The van der Waals surface area contributed by atoms with Gasteiger partial charge in [0, 0.05) is 19.1 Å². The number of hydrogen-bond donors (Lipinski definition) is 1. The van der Waals surface area contributed by atoms with Crippen molar-refractivity contribution < 1.29 is 0 Å². The summed E-state index contributed by atoms with van der Waals surface area (Å²) in [6.45, 7) is 4.66. The summed E-state index contributed by atoms with van der Waals surface area (Å²) in [5, 5.41) is 4.69. The maximum absolute atomic E-state index is 5.59. The lowest BCUT2D eigenvalue weighted by molar-refractivity contribution is 0.263. The van der Waals surface area contributed by atoms with Crippen LogP contribution in [-0.2, 0) is 0 Å². The van der Waals surface area contributed by atoms with Crippen molar-refractivity contribution in [1.29, 1.82) is 0 Å². The maximum atomic E-state index is 5.59. The molecule has 3 heteroatoms. The summed E-state index contributed by atoms with van der Waals surface area (Å²) in [6, 6.07) is 0.693. The molecule has 0 amide bonds. The third-order valence-electron chi connectivity index (χ3n) is 4.99. The predicted molar refractivity (Wildman–Crippen MR) is 74.9 cm³/mol. The molecule has 2 saturated carbocycles. The molecule has 0 unspecified atom stereocenters. The van der Waals surface area contributed by atoms with Crippen LogP contribution in [0.2, 0.25) is 0 Å². The van der Waals surface area contributed by atoms with E-state index in [0.29, 0.717) is 6.04 Å². The van der Waals surface area contributed by atoms with Crippen LogP contribution in [0.25, 0.3) is 0 Å². The highest BCUT2D eigenvalue weighted by Gasteiger charge is 2.40. The average molecular weight is 252 g/mol. The molecule has 1 aliphatic heterocycles. The Balaban J connectivity index is 1.53. The molecule has 1 saturated heterocycles. The normalized spacial score (nSPS) is 40.6. The van der Waals surface area contributed by atoms with E-state index in [1.165, 1.54) is 38.5 Å². The fourth-order valence-corrected chi connectivity index (χ4v) is 4.36. The molecule has 3 fully saturated rings. The summed E-state index contributed by atoms with van der Waals surface area (Å²) in [5.41, 5.74) is 0. The van der Waals surface area contributed by atoms with Crippen LogP contribution in [0.15, 0.2) is 0 Å². The van der Waals surface area contributed by atoms with E-state index in [-0.39, 0.29) is 0 Å². The van der Waals surface area contributed by atoms with Gasteiger partial charge in [0.2, 0.25) is 0 Å². The highest BCUT2D eigenvalue weighted by Crippen LogP contribution is 2.44. The number of piperidine rings is 1. The first-order valence-electron chi connectivity index (χ1n) is 7.28. The van der Waals surface area contributed by atoms with Crippen molar-refractivity contribution in [2.45, 2.75) is 51.5 Å². The Morgan fingerprint density at radius 3 is 2.76 bits per heavy atom. The van der Waals surface area contributed by atoms with Crippen LogP contribution in [0.5, 0.6) is 0 Å². The SMILES string of the molecule is C[C@@H]1CCCN(C(=S)N[C@@H]2C[C@@H]3CC[C@@H]2C3)C1. The van der Waals surface area contributed by atoms with Gasteiger partial charge in [0.1, 0.15) is 0 Å². The third kappa shape index (κ3) is 2.44. The van der Waals surface area contributed by atoms with E-state index in [1.54, 1.807) is 0 Å². The van der Waals surface area contributed by atoms with Crippen LogP contribution in [-0.4, -0.2) is 29.1 Å². The maximum Gasteiger partial charge on any atom is 0.169 e. The second-order valence-electron chi connectivity index (χ2n) is 6.42. The first-order chi connectivity index (χ1) is 8.22. The molecule has 17 heavy (non-hydrogen) atoms. The first kappa shape index (κ1) is 11.8. The second kappa shape index (κ2) is 4.75. The van der Waals surface area contributed by atoms with Gasteiger partial charge >= 0.3 is 0 Å². The molecule has 0 aromatic carbocycles. The van der Waals surface area contributed by atoms with Gasteiger partial charge in [0.15, 0.2) is 5.11 Å². The van der Waals surface area contributed by atoms with Gasteiger partial charge in [-0.05, 0) is 62.1 Å².